The third kappa shape index (κ3) is 2.17. The molecule has 2 N–H and O–H groups in total. The highest BCUT2D eigenvalue weighted by Crippen LogP contribution is 2.17. The summed E-state index contributed by atoms with van der Waals surface area (Å²) in [6.45, 7) is 4.32. The molecule has 2 aromatic rings. The van der Waals surface area contributed by atoms with E-state index in [1.165, 1.54) is 12.1 Å². The van der Waals surface area contributed by atoms with Crippen molar-refractivity contribution in [3.05, 3.63) is 51.3 Å². The van der Waals surface area contributed by atoms with Crippen LogP contribution in [-0.4, -0.2) is 14.7 Å². The Hall–Kier alpha value is -2.37. The van der Waals surface area contributed by atoms with E-state index in [-0.39, 0.29) is 5.69 Å². The highest BCUT2D eigenvalue weighted by Gasteiger charge is 2.09. The standard InChI is InChI=1S/C12H14N4O2/c1-8-12(13)9(2)15(14-8)7-10-3-5-11(6-4-10)16(17)18/h3-6H,7,13H2,1-2H3. The van der Waals surface area contributed by atoms with Gasteiger partial charge in [0.15, 0.2) is 0 Å². The van der Waals surface area contributed by atoms with E-state index in [0.29, 0.717) is 12.2 Å². The smallest absolute Gasteiger partial charge is 0.269 e. The van der Waals surface area contributed by atoms with Crippen LogP contribution in [0, 0.1) is 24.0 Å². The topological polar surface area (TPSA) is 87.0 Å². The highest BCUT2D eigenvalue weighted by molar-refractivity contribution is 5.47. The molecule has 0 bridgehead atoms. The van der Waals surface area contributed by atoms with E-state index in [1.54, 1.807) is 16.8 Å². The van der Waals surface area contributed by atoms with Gasteiger partial charge in [-0.1, -0.05) is 12.1 Å². The van der Waals surface area contributed by atoms with Crippen molar-refractivity contribution in [2.45, 2.75) is 20.4 Å². The van der Waals surface area contributed by atoms with Gasteiger partial charge in [0.25, 0.3) is 5.69 Å². The fraction of sp³-hybridized carbons (Fsp3) is 0.250. The first-order chi connectivity index (χ1) is 8.49. The molecule has 0 spiro atoms. The first kappa shape index (κ1) is 12.1. The van der Waals surface area contributed by atoms with Crippen LogP contribution in [0.3, 0.4) is 0 Å². The molecular weight excluding hydrogens is 232 g/mol. The van der Waals surface area contributed by atoms with Crippen molar-refractivity contribution >= 4 is 11.4 Å². The molecule has 1 aromatic heterocycles. The van der Waals surface area contributed by atoms with Gasteiger partial charge in [-0.05, 0) is 19.4 Å². The summed E-state index contributed by atoms with van der Waals surface area (Å²) in [5.41, 5.74) is 9.29. The summed E-state index contributed by atoms with van der Waals surface area (Å²) in [5.74, 6) is 0. The molecule has 0 unspecified atom stereocenters. The Morgan fingerprint density at radius 1 is 1.33 bits per heavy atom. The number of aryl methyl sites for hydroxylation is 1. The van der Waals surface area contributed by atoms with Crippen LogP contribution in [0.5, 0.6) is 0 Å². The van der Waals surface area contributed by atoms with E-state index < -0.39 is 4.92 Å². The second kappa shape index (κ2) is 4.48. The highest BCUT2D eigenvalue weighted by atomic mass is 16.6. The molecule has 94 valence electrons. The second-order valence-electron chi connectivity index (χ2n) is 4.17. The quantitative estimate of drug-likeness (QED) is 0.663. The normalized spacial score (nSPS) is 10.6. The molecule has 1 heterocycles. The number of anilines is 1. The summed E-state index contributed by atoms with van der Waals surface area (Å²) in [6, 6.07) is 6.43. The van der Waals surface area contributed by atoms with Crippen LogP contribution in [-0.2, 0) is 6.54 Å². The minimum absolute atomic E-state index is 0.0895. The Morgan fingerprint density at radius 3 is 2.39 bits per heavy atom. The molecule has 0 atom stereocenters. The molecule has 0 fully saturated rings. The van der Waals surface area contributed by atoms with Crippen LogP contribution in [0.4, 0.5) is 11.4 Å². The number of rotatable bonds is 3. The Morgan fingerprint density at radius 2 is 1.94 bits per heavy atom. The van der Waals surface area contributed by atoms with Gasteiger partial charge in [0.2, 0.25) is 0 Å². The van der Waals surface area contributed by atoms with Crippen LogP contribution < -0.4 is 5.73 Å². The summed E-state index contributed by atoms with van der Waals surface area (Å²) in [4.78, 5) is 10.1. The lowest BCUT2D eigenvalue weighted by atomic mass is 10.2. The number of benzene rings is 1. The zero-order valence-corrected chi connectivity index (χ0v) is 10.3. The van der Waals surface area contributed by atoms with Crippen molar-refractivity contribution in [1.82, 2.24) is 9.78 Å². The van der Waals surface area contributed by atoms with Gasteiger partial charge in [0.1, 0.15) is 0 Å². The van der Waals surface area contributed by atoms with Crippen molar-refractivity contribution in [1.29, 1.82) is 0 Å². The number of aromatic nitrogens is 2. The molecule has 0 amide bonds. The summed E-state index contributed by atoms with van der Waals surface area (Å²) < 4.78 is 1.80. The molecule has 0 aliphatic carbocycles. The fourth-order valence-electron chi connectivity index (χ4n) is 1.76. The van der Waals surface area contributed by atoms with Crippen LogP contribution in [0.15, 0.2) is 24.3 Å². The van der Waals surface area contributed by atoms with Crippen molar-refractivity contribution in [2.24, 2.45) is 0 Å². The van der Waals surface area contributed by atoms with Gasteiger partial charge in [-0.2, -0.15) is 5.10 Å². The molecule has 18 heavy (non-hydrogen) atoms. The van der Waals surface area contributed by atoms with Gasteiger partial charge in [0, 0.05) is 12.1 Å². The molecule has 0 radical (unpaired) electrons. The summed E-state index contributed by atoms with van der Waals surface area (Å²) in [7, 11) is 0. The van der Waals surface area contributed by atoms with E-state index in [1.807, 2.05) is 13.8 Å². The first-order valence-electron chi connectivity index (χ1n) is 5.52. The molecule has 6 nitrogen and oxygen atoms in total. The average molecular weight is 246 g/mol. The summed E-state index contributed by atoms with van der Waals surface area (Å²) in [5, 5.41) is 14.9. The number of hydrogen-bond donors (Lipinski definition) is 1. The first-order valence-corrected chi connectivity index (χ1v) is 5.52. The molecule has 0 aliphatic rings. The minimum atomic E-state index is -0.412. The van der Waals surface area contributed by atoms with Gasteiger partial charge in [-0.25, -0.2) is 0 Å². The van der Waals surface area contributed by atoms with Gasteiger partial charge >= 0.3 is 0 Å². The van der Waals surface area contributed by atoms with Gasteiger partial charge in [-0.15, -0.1) is 0 Å². The summed E-state index contributed by atoms with van der Waals surface area (Å²) in [6.07, 6.45) is 0. The number of nitrogen functional groups attached to an aromatic ring is 1. The van der Waals surface area contributed by atoms with E-state index >= 15 is 0 Å². The second-order valence-corrected chi connectivity index (χ2v) is 4.17. The number of nitro groups is 1. The number of hydrogen-bond acceptors (Lipinski definition) is 4. The predicted octanol–water partition coefficient (Wildman–Crippen LogP) is 2.04. The predicted molar refractivity (Wildman–Crippen MR) is 68.3 cm³/mol. The minimum Gasteiger partial charge on any atom is -0.396 e. The van der Waals surface area contributed by atoms with Crippen LogP contribution in [0.2, 0.25) is 0 Å². The molecule has 0 saturated carbocycles. The van der Waals surface area contributed by atoms with Crippen LogP contribution in [0.1, 0.15) is 17.0 Å². The van der Waals surface area contributed by atoms with Gasteiger partial charge < -0.3 is 5.73 Å². The Balaban J connectivity index is 2.23. The van der Waals surface area contributed by atoms with Crippen molar-refractivity contribution in [3.63, 3.8) is 0 Å². The van der Waals surface area contributed by atoms with E-state index in [9.17, 15) is 10.1 Å². The van der Waals surface area contributed by atoms with Crippen molar-refractivity contribution < 1.29 is 4.92 Å². The summed E-state index contributed by atoms with van der Waals surface area (Å²) >= 11 is 0. The monoisotopic (exact) mass is 246 g/mol. The molecule has 0 saturated heterocycles. The van der Waals surface area contributed by atoms with E-state index in [2.05, 4.69) is 5.10 Å². The SMILES string of the molecule is Cc1nn(Cc2ccc([N+](=O)[O-])cc2)c(C)c1N. The molecule has 6 heteroatoms. The molecule has 0 aliphatic heterocycles. The fourth-order valence-corrected chi connectivity index (χ4v) is 1.76. The Labute approximate surface area is 104 Å². The lowest BCUT2D eigenvalue weighted by Crippen LogP contribution is -2.04. The maximum atomic E-state index is 10.5. The van der Waals surface area contributed by atoms with E-state index in [4.69, 9.17) is 5.73 Å². The van der Waals surface area contributed by atoms with Crippen molar-refractivity contribution in [2.75, 3.05) is 5.73 Å². The lowest BCUT2D eigenvalue weighted by Gasteiger charge is -2.04. The number of nitro benzene ring substituents is 1. The van der Waals surface area contributed by atoms with E-state index in [0.717, 1.165) is 17.0 Å². The maximum absolute atomic E-state index is 10.5. The Bertz CT molecular complexity index is 587. The largest absolute Gasteiger partial charge is 0.396 e. The number of non-ortho nitro benzene ring substituents is 1. The Kier molecular flexibility index (Phi) is 3.01. The van der Waals surface area contributed by atoms with Gasteiger partial charge in [-0.3, -0.25) is 14.8 Å². The van der Waals surface area contributed by atoms with Crippen LogP contribution >= 0.6 is 0 Å². The average Bonchev–Trinajstić information content (AvgIpc) is 2.58. The lowest BCUT2D eigenvalue weighted by molar-refractivity contribution is -0.384. The number of nitrogens with zero attached hydrogens (tertiary/aromatic N) is 3. The zero-order chi connectivity index (χ0) is 13.3. The molecule has 2 rings (SSSR count). The third-order valence-electron chi connectivity index (χ3n) is 2.92. The van der Waals surface area contributed by atoms with Crippen LogP contribution in [0.25, 0.3) is 0 Å². The van der Waals surface area contributed by atoms with Gasteiger partial charge in [0.05, 0.1) is 28.5 Å². The molecular formula is C12H14N4O2. The zero-order valence-electron chi connectivity index (χ0n) is 10.3. The third-order valence-corrected chi connectivity index (χ3v) is 2.92. The number of nitrogens with two attached hydrogens (primary N) is 1. The molecule has 1 aromatic carbocycles. The van der Waals surface area contributed by atoms with Crippen molar-refractivity contribution in [3.8, 4) is 0 Å². The maximum Gasteiger partial charge on any atom is 0.269 e.